The normalized spacial score (nSPS) is 10.7. The summed E-state index contributed by atoms with van der Waals surface area (Å²) in [6.07, 6.45) is 2.99. The second kappa shape index (κ2) is 9.12. The number of carbonyl (C=O) groups is 1. The largest absolute Gasteiger partial charge is 0.492 e. The van der Waals surface area contributed by atoms with Gasteiger partial charge in [0.15, 0.2) is 0 Å². The number of aryl methyl sites for hydroxylation is 2. The van der Waals surface area contributed by atoms with E-state index in [2.05, 4.69) is 34.3 Å². The molecule has 2 amide bonds. The van der Waals surface area contributed by atoms with Gasteiger partial charge in [-0.25, -0.2) is 4.79 Å². The molecule has 0 fully saturated rings. The van der Waals surface area contributed by atoms with Gasteiger partial charge in [0.05, 0.1) is 6.54 Å². The number of amides is 2. The van der Waals surface area contributed by atoms with Crippen molar-refractivity contribution in [1.29, 1.82) is 0 Å². The molecule has 5 nitrogen and oxygen atoms in total. The van der Waals surface area contributed by atoms with E-state index < -0.39 is 0 Å². The van der Waals surface area contributed by atoms with Crippen LogP contribution in [0.1, 0.15) is 12.0 Å². The molecule has 0 radical (unpaired) electrons. The van der Waals surface area contributed by atoms with E-state index in [4.69, 9.17) is 4.74 Å². The van der Waals surface area contributed by atoms with Crippen LogP contribution in [-0.4, -0.2) is 42.2 Å². The van der Waals surface area contributed by atoms with Gasteiger partial charge in [-0.3, -0.25) is 0 Å². The predicted octanol–water partition coefficient (Wildman–Crippen LogP) is 4.06. The van der Waals surface area contributed by atoms with E-state index in [1.807, 2.05) is 43.3 Å². The topological polar surface area (TPSA) is 46.5 Å². The van der Waals surface area contributed by atoms with Crippen molar-refractivity contribution in [1.82, 2.24) is 14.8 Å². The zero-order valence-electron chi connectivity index (χ0n) is 16.0. The third kappa shape index (κ3) is 5.26. The van der Waals surface area contributed by atoms with Gasteiger partial charge in [0, 0.05) is 31.9 Å². The van der Waals surface area contributed by atoms with E-state index in [1.165, 1.54) is 16.5 Å². The van der Waals surface area contributed by atoms with Crippen LogP contribution in [0, 0.1) is 6.92 Å². The molecule has 0 atom stereocenters. The fourth-order valence-corrected chi connectivity index (χ4v) is 2.95. The molecule has 0 unspecified atom stereocenters. The number of hydrogen-bond donors (Lipinski definition) is 1. The number of hydrogen-bond acceptors (Lipinski definition) is 2. The van der Waals surface area contributed by atoms with Crippen molar-refractivity contribution in [2.45, 2.75) is 19.9 Å². The molecule has 2 aromatic carbocycles. The molecular formula is C22H27N3O2. The van der Waals surface area contributed by atoms with Gasteiger partial charge in [0.1, 0.15) is 12.4 Å². The summed E-state index contributed by atoms with van der Waals surface area (Å²) in [5.74, 6) is 0.827. The monoisotopic (exact) mass is 365 g/mol. The molecule has 5 heteroatoms. The van der Waals surface area contributed by atoms with E-state index in [9.17, 15) is 4.79 Å². The number of nitrogens with zero attached hydrogens (tertiary/aromatic N) is 2. The van der Waals surface area contributed by atoms with Crippen molar-refractivity contribution >= 4 is 16.9 Å². The minimum atomic E-state index is -0.0696. The van der Waals surface area contributed by atoms with Crippen LogP contribution in [0.2, 0.25) is 0 Å². The van der Waals surface area contributed by atoms with Gasteiger partial charge in [-0.1, -0.05) is 35.9 Å². The number of fused-ring (bicyclic) bond motifs is 1. The number of para-hydroxylation sites is 1. The van der Waals surface area contributed by atoms with Crippen LogP contribution < -0.4 is 10.1 Å². The van der Waals surface area contributed by atoms with Gasteiger partial charge in [0.25, 0.3) is 0 Å². The molecule has 3 aromatic rings. The van der Waals surface area contributed by atoms with Gasteiger partial charge < -0.3 is 19.5 Å². The van der Waals surface area contributed by atoms with Gasteiger partial charge in [0.2, 0.25) is 0 Å². The number of nitrogens with one attached hydrogen (secondary N) is 1. The van der Waals surface area contributed by atoms with Gasteiger partial charge in [-0.05, 0) is 43.0 Å². The lowest BCUT2D eigenvalue weighted by molar-refractivity contribution is 0.195. The number of ether oxygens (including phenoxy) is 1. The molecule has 3 rings (SSSR count). The van der Waals surface area contributed by atoms with Crippen molar-refractivity contribution in [3.8, 4) is 5.75 Å². The standard InChI is InChI=1S/C22H27N3O2/c1-18-8-10-20(11-9-18)27-17-16-24(2)22(26)23-13-5-14-25-15-12-19-6-3-4-7-21(19)25/h3-4,6-12,15H,5,13-14,16-17H2,1-2H3,(H,23,26). The molecule has 1 aromatic heterocycles. The molecular weight excluding hydrogens is 338 g/mol. The lowest BCUT2D eigenvalue weighted by atomic mass is 10.2. The smallest absolute Gasteiger partial charge is 0.317 e. The Kier molecular flexibility index (Phi) is 6.36. The Morgan fingerprint density at radius 3 is 2.70 bits per heavy atom. The number of benzene rings is 2. The fourth-order valence-electron chi connectivity index (χ4n) is 2.95. The van der Waals surface area contributed by atoms with Crippen LogP contribution in [0.25, 0.3) is 10.9 Å². The number of aromatic nitrogens is 1. The molecule has 0 bridgehead atoms. The average Bonchev–Trinajstić information content (AvgIpc) is 3.09. The first-order valence-corrected chi connectivity index (χ1v) is 9.36. The highest BCUT2D eigenvalue weighted by Gasteiger charge is 2.08. The van der Waals surface area contributed by atoms with Crippen LogP contribution in [0.5, 0.6) is 5.75 Å². The minimum Gasteiger partial charge on any atom is -0.492 e. The lowest BCUT2D eigenvalue weighted by Gasteiger charge is -2.18. The van der Waals surface area contributed by atoms with Crippen LogP contribution in [-0.2, 0) is 6.54 Å². The average molecular weight is 365 g/mol. The van der Waals surface area contributed by atoms with E-state index in [0.29, 0.717) is 19.7 Å². The molecule has 0 saturated heterocycles. The molecule has 0 aliphatic rings. The second-order valence-electron chi connectivity index (χ2n) is 6.74. The SMILES string of the molecule is Cc1ccc(OCCN(C)C(=O)NCCCn2ccc3ccccc32)cc1. The third-order valence-corrected chi connectivity index (χ3v) is 4.60. The number of urea groups is 1. The molecule has 1 heterocycles. The summed E-state index contributed by atoms with van der Waals surface area (Å²) in [6.45, 7) is 4.59. The van der Waals surface area contributed by atoms with E-state index in [1.54, 1.807) is 11.9 Å². The van der Waals surface area contributed by atoms with Gasteiger partial charge >= 0.3 is 6.03 Å². The summed E-state index contributed by atoms with van der Waals surface area (Å²) in [5, 5.41) is 4.21. The fraction of sp³-hybridized carbons (Fsp3) is 0.318. The summed E-state index contributed by atoms with van der Waals surface area (Å²) in [5.41, 5.74) is 2.43. The molecule has 1 N–H and O–H groups in total. The maximum Gasteiger partial charge on any atom is 0.317 e. The summed E-state index contributed by atoms with van der Waals surface area (Å²) < 4.78 is 7.90. The predicted molar refractivity (Wildman–Crippen MR) is 109 cm³/mol. The van der Waals surface area contributed by atoms with Gasteiger partial charge in [-0.2, -0.15) is 0 Å². The van der Waals surface area contributed by atoms with Crippen molar-refractivity contribution in [2.75, 3.05) is 26.7 Å². The molecule has 0 aliphatic heterocycles. The number of rotatable bonds is 8. The first-order chi connectivity index (χ1) is 13.1. The maximum absolute atomic E-state index is 12.2. The Bertz CT molecular complexity index is 871. The van der Waals surface area contributed by atoms with Crippen LogP contribution in [0.4, 0.5) is 4.79 Å². The molecule has 142 valence electrons. The molecule has 0 saturated carbocycles. The van der Waals surface area contributed by atoms with Gasteiger partial charge in [-0.15, -0.1) is 0 Å². The summed E-state index contributed by atoms with van der Waals surface area (Å²) in [7, 11) is 1.79. The van der Waals surface area contributed by atoms with Crippen LogP contribution >= 0.6 is 0 Å². The van der Waals surface area contributed by atoms with E-state index >= 15 is 0 Å². The first-order valence-electron chi connectivity index (χ1n) is 9.36. The van der Waals surface area contributed by atoms with Crippen LogP contribution in [0.3, 0.4) is 0 Å². The Morgan fingerprint density at radius 2 is 1.89 bits per heavy atom. The van der Waals surface area contributed by atoms with Crippen molar-refractivity contribution in [3.63, 3.8) is 0 Å². The second-order valence-corrected chi connectivity index (χ2v) is 6.74. The van der Waals surface area contributed by atoms with E-state index in [-0.39, 0.29) is 6.03 Å². The van der Waals surface area contributed by atoms with E-state index in [0.717, 1.165) is 18.7 Å². The quantitative estimate of drug-likeness (QED) is 0.612. The van der Waals surface area contributed by atoms with Crippen molar-refractivity contribution < 1.29 is 9.53 Å². The molecule has 0 spiro atoms. The van der Waals surface area contributed by atoms with Crippen molar-refractivity contribution in [2.24, 2.45) is 0 Å². The highest BCUT2D eigenvalue weighted by molar-refractivity contribution is 5.79. The third-order valence-electron chi connectivity index (χ3n) is 4.60. The zero-order chi connectivity index (χ0) is 19.1. The van der Waals surface area contributed by atoms with Crippen molar-refractivity contribution in [3.05, 3.63) is 66.4 Å². The number of carbonyl (C=O) groups excluding carboxylic acids is 1. The summed E-state index contributed by atoms with van der Waals surface area (Å²) in [6, 6.07) is 18.3. The highest BCUT2D eigenvalue weighted by Crippen LogP contribution is 2.15. The lowest BCUT2D eigenvalue weighted by Crippen LogP contribution is -2.39. The Labute approximate surface area is 160 Å². The maximum atomic E-state index is 12.2. The molecule has 0 aliphatic carbocycles. The Morgan fingerprint density at radius 1 is 1.11 bits per heavy atom. The summed E-state index contributed by atoms with van der Waals surface area (Å²) in [4.78, 5) is 13.8. The minimum absolute atomic E-state index is 0.0696. The zero-order valence-corrected chi connectivity index (χ0v) is 16.0. The highest BCUT2D eigenvalue weighted by atomic mass is 16.5. The number of likely N-dealkylation sites (N-methyl/N-ethyl adjacent to an activating group) is 1. The van der Waals surface area contributed by atoms with Crippen LogP contribution in [0.15, 0.2) is 60.8 Å². The molecule has 27 heavy (non-hydrogen) atoms. The Balaban J connectivity index is 1.34. The summed E-state index contributed by atoms with van der Waals surface area (Å²) >= 11 is 0. The Hall–Kier alpha value is -2.95. The first kappa shape index (κ1) is 18.8.